The smallest absolute Gasteiger partial charge is 0.0564 e. The molecule has 0 bridgehead atoms. The molecule has 12 atom stereocenters. The summed E-state index contributed by atoms with van der Waals surface area (Å²) in [6, 6.07) is 0. The van der Waals surface area contributed by atoms with Gasteiger partial charge in [-0.05, 0) is 108 Å². The van der Waals surface area contributed by atoms with Gasteiger partial charge in [-0.25, -0.2) is 0 Å². The van der Waals surface area contributed by atoms with Crippen LogP contribution >= 0.6 is 23.5 Å². The van der Waals surface area contributed by atoms with Gasteiger partial charge in [-0.1, -0.05) is 90.5 Å². The van der Waals surface area contributed by atoms with E-state index >= 15 is 0 Å². The van der Waals surface area contributed by atoms with Gasteiger partial charge in [0.25, 0.3) is 0 Å². The van der Waals surface area contributed by atoms with Crippen molar-refractivity contribution in [1.82, 2.24) is 0 Å². The number of fused-ring (bicyclic) bond motifs is 2. The van der Waals surface area contributed by atoms with Gasteiger partial charge >= 0.3 is 0 Å². The van der Waals surface area contributed by atoms with E-state index < -0.39 is 8.07 Å². The van der Waals surface area contributed by atoms with Crippen LogP contribution in [0.5, 0.6) is 0 Å². The Labute approximate surface area is 239 Å². The summed E-state index contributed by atoms with van der Waals surface area (Å²) in [5, 5.41) is 1.82. The maximum atomic E-state index is 2.88. The summed E-state index contributed by atoms with van der Waals surface area (Å²) in [5.74, 6) is 7.30. The third kappa shape index (κ3) is 4.45. The van der Waals surface area contributed by atoms with Crippen LogP contribution in [0.4, 0.5) is 0 Å². The van der Waals surface area contributed by atoms with Crippen LogP contribution in [-0.4, -0.2) is 18.6 Å². The highest BCUT2D eigenvalue weighted by molar-refractivity contribution is 8.04. The van der Waals surface area contributed by atoms with E-state index in [0.717, 1.165) is 68.9 Å². The van der Waals surface area contributed by atoms with Crippen molar-refractivity contribution in [2.24, 2.45) is 47.3 Å². The van der Waals surface area contributed by atoms with Crippen LogP contribution in [0.15, 0.2) is 21.0 Å². The molecule has 0 spiro atoms. The van der Waals surface area contributed by atoms with E-state index in [0.29, 0.717) is 0 Å². The maximum absolute atomic E-state index is 2.88. The van der Waals surface area contributed by atoms with Crippen molar-refractivity contribution in [3.05, 3.63) is 21.0 Å². The average Bonchev–Trinajstić information content (AvgIpc) is 3.51. The predicted octanol–water partition coefficient (Wildman–Crippen LogP) is 11.2. The standard InChI is InChI=1S/C34H56S2Si/c1-19-13-9-11-15-25(19)29-23(5)35-31-27(29)17-21(3)33(31)37(7,8)34-22(4)18-28-30(24(6)36-32(28)34)26-16-12-10-14-20(26)2/h19-22,25-28,31-34H,9-18H2,1-8H3. The molecule has 2 aliphatic heterocycles. The molecule has 0 aromatic heterocycles. The Morgan fingerprint density at radius 2 is 0.919 bits per heavy atom. The van der Waals surface area contributed by atoms with Gasteiger partial charge in [-0.3, -0.25) is 0 Å². The van der Waals surface area contributed by atoms with Crippen molar-refractivity contribution >= 4 is 31.6 Å². The normalized spacial score (nSPS) is 48.6. The number of hydrogen-bond acceptors (Lipinski definition) is 2. The lowest BCUT2D eigenvalue weighted by atomic mass is 9.72. The quantitative estimate of drug-likeness (QED) is 0.316. The van der Waals surface area contributed by atoms with Crippen LogP contribution in [-0.2, 0) is 0 Å². The number of thioether (sulfide) groups is 2. The van der Waals surface area contributed by atoms with Crippen molar-refractivity contribution < 1.29 is 0 Å². The minimum Gasteiger partial charge on any atom is -0.127 e. The Balaban J connectivity index is 1.25. The monoisotopic (exact) mass is 556 g/mol. The van der Waals surface area contributed by atoms with E-state index in [-0.39, 0.29) is 0 Å². The second-order valence-electron chi connectivity index (χ2n) is 15.4. The fraction of sp³-hybridized carbons (Fsp3) is 0.882. The van der Waals surface area contributed by atoms with Crippen molar-refractivity contribution in [1.29, 1.82) is 0 Å². The summed E-state index contributed by atoms with van der Waals surface area (Å²) in [5.41, 5.74) is 5.94. The third-order valence-corrected chi connectivity index (χ3v) is 21.7. The van der Waals surface area contributed by atoms with E-state index in [1.165, 1.54) is 64.2 Å². The van der Waals surface area contributed by atoms with E-state index in [9.17, 15) is 0 Å². The molecule has 0 aromatic carbocycles. The van der Waals surface area contributed by atoms with Crippen LogP contribution in [0.25, 0.3) is 0 Å². The second kappa shape index (κ2) is 10.3. The van der Waals surface area contributed by atoms with Gasteiger partial charge in [0.05, 0.1) is 8.07 Å². The Hall–Kier alpha value is 0.397. The summed E-state index contributed by atoms with van der Waals surface area (Å²) in [4.78, 5) is 3.54. The molecule has 0 saturated heterocycles. The first-order chi connectivity index (χ1) is 17.6. The van der Waals surface area contributed by atoms with Gasteiger partial charge in [0.2, 0.25) is 0 Å². The molecule has 0 amide bonds. The highest BCUT2D eigenvalue weighted by atomic mass is 32.2. The molecular weight excluding hydrogens is 501 g/mol. The molecule has 0 aromatic rings. The molecular formula is C34H56S2Si. The van der Waals surface area contributed by atoms with Gasteiger partial charge < -0.3 is 0 Å². The molecule has 3 heteroatoms. The average molecular weight is 557 g/mol. The zero-order chi connectivity index (χ0) is 26.2. The van der Waals surface area contributed by atoms with E-state index in [1.54, 1.807) is 9.81 Å². The van der Waals surface area contributed by atoms with Gasteiger partial charge in [-0.2, -0.15) is 0 Å². The van der Waals surface area contributed by atoms with Crippen molar-refractivity contribution in [2.45, 2.75) is 140 Å². The minimum atomic E-state index is -1.48. The van der Waals surface area contributed by atoms with E-state index in [2.05, 4.69) is 78.2 Å². The first-order valence-electron chi connectivity index (χ1n) is 16.4. The zero-order valence-corrected chi connectivity index (χ0v) is 27.9. The lowest BCUT2D eigenvalue weighted by Gasteiger charge is -2.45. The lowest BCUT2D eigenvalue weighted by Crippen LogP contribution is -2.47. The molecule has 208 valence electrons. The molecule has 0 nitrogen and oxygen atoms in total. The number of hydrogen-bond donors (Lipinski definition) is 0. The molecule has 6 aliphatic rings. The SMILES string of the molecule is CC1=C(C2CCCCC2C)C2CC(C)C([Si](C)(C)C3C(C)CC4C(C5CCCCC5C)=C(C)SC43)C2S1. The molecule has 6 rings (SSSR count). The van der Waals surface area contributed by atoms with Gasteiger partial charge in [0, 0.05) is 10.5 Å². The zero-order valence-electron chi connectivity index (χ0n) is 25.3. The Morgan fingerprint density at radius 1 is 0.541 bits per heavy atom. The topological polar surface area (TPSA) is 0 Å². The van der Waals surface area contributed by atoms with E-state index in [4.69, 9.17) is 0 Å². The summed E-state index contributed by atoms with van der Waals surface area (Å²) in [7, 11) is -1.48. The van der Waals surface area contributed by atoms with Crippen molar-refractivity contribution in [3.63, 3.8) is 0 Å². The first-order valence-corrected chi connectivity index (χ1v) is 21.3. The molecule has 37 heavy (non-hydrogen) atoms. The molecule has 4 fully saturated rings. The van der Waals surface area contributed by atoms with Crippen LogP contribution in [0, 0.1) is 47.3 Å². The largest absolute Gasteiger partial charge is 0.127 e. The highest BCUT2D eigenvalue weighted by Crippen LogP contribution is 2.69. The molecule has 4 aliphatic carbocycles. The molecule has 12 unspecified atom stereocenters. The minimum absolute atomic E-state index is 0.902. The predicted molar refractivity (Wildman–Crippen MR) is 170 cm³/mol. The first kappa shape index (κ1) is 27.6. The van der Waals surface area contributed by atoms with E-state index in [1.807, 2.05) is 11.1 Å². The Kier molecular flexibility index (Phi) is 7.71. The molecule has 2 heterocycles. The lowest BCUT2D eigenvalue weighted by molar-refractivity contribution is 0.275. The molecule has 4 saturated carbocycles. The van der Waals surface area contributed by atoms with Gasteiger partial charge in [0.15, 0.2) is 0 Å². The maximum Gasteiger partial charge on any atom is 0.0564 e. The van der Waals surface area contributed by atoms with Crippen molar-refractivity contribution in [3.8, 4) is 0 Å². The number of allylic oxidation sites excluding steroid dienone is 4. The van der Waals surface area contributed by atoms with Gasteiger partial charge in [-0.15, -0.1) is 23.5 Å². The Bertz CT molecular complexity index is 873. The summed E-state index contributed by atoms with van der Waals surface area (Å²) in [6.07, 6.45) is 14.8. The van der Waals surface area contributed by atoms with Crippen LogP contribution in [0.2, 0.25) is 24.2 Å². The van der Waals surface area contributed by atoms with Crippen LogP contribution < -0.4 is 0 Å². The van der Waals surface area contributed by atoms with Gasteiger partial charge in [0.1, 0.15) is 0 Å². The fourth-order valence-corrected chi connectivity index (χ4v) is 23.3. The second-order valence-corrected chi connectivity index (χ2v) is 23.2. The summed E-state index contributed by atoms with van der Waals surface area (Å²) < 4.78 is 0. The van der Waals surface area contributed by atoms with Crippen LogP contribution in [0.3, 0.4) is 0 Å². The van der Waals surface area contributed by atoms with Crippen molar-refractivity contribution in [2.75, 3.05) is 0 Å². The van der Waals surface area contributed by atoms with Crippen LogP contribution in [0.1, 0.15) is 106 Å². The summed E-state index contributed by atoms with van der Waals surface area (Å²) in [6.45, 7) is 21.4. The highest BCUT2D eigenvalue weighted by Gasteiger charge is 2.61. The third-order valence-electron chi connectivity index (χ3n) is 13.0. The fourth-order valence-electron chi connectivity index (χ4n) is 11.7. The molecule has 0 radical (unpaired) electrons. The number of rotatable bonds is 4. The Morgan fingerprint density at radius 3 is 1.30 bits per heavy atom. The molecule has 0 N–H and O–H groups in total. The summed E-state index contributed by atoms with van der Waals surface area (Å²) >= 11 is 4.77.